The molecule has 0 amide bonds. The second-order valence-corrected chi connectivity index (χ2v) is 6.67. The van der Waals surface area contributed by atoms with Crippen LogP contribution < -0.4 is 9.47 Å². The SMILES string of the molecule is COc1ccc(CN2CCC[C@H]2c2nc(-c3ccc(OC)nc3)no2)c(O)c1. The maximum absolute atomic E-state index is 10.3. The summed E-state index contributed by atoms with van der Waals surface area (Å²) in [6.07, 6.45) is 3.62. The molecule has 0 saturated carbocycles. The van der Waals surface area contributed by atoms with E-state index in [9.17, 15) is 5.11 Å². The lowest BCUT2D eigenvalue weighted by molar-refractivity contribution is 0.199. The normalized spacial score (nSPS) is 17.0. The third-order valence-corrected chi connectivity index (χ3v) is 4.96. The van der Waals surface area contributed by atoms with Crippen molar-refractivity contribution in [2.24, 2.45) is 0 Å². The van der Waals surface area contributed by atoms with E-state index in [0.29, 0.717) is 29.9 Å². The zero-order valence-corrected chi connectivity index (χ0v) is 15.8. The maximum Gasteiger partial charge on any atom is 0.244 e. The molecular weight excluding hydrogens is 360 g/mol. The van der Waals surface area contributed by atoms with Crippen LogP contribution in [0.4, 0.5) is 0 Å². The van der Waals surface area contributed by atoms with Crippen LogP contribution in [-0.2, 0) is 6.54 Å². The molecule has 1 N–H and O–H groups in total. The van der Waals surface area contributed by atoms with Crippen molar-refractivity contribution in [3.05, 3.63) is 48.0 Å². The predicted molar refractivity (Wildman–Crippen MR) is 101 cm³/mol. The number of likely N-dealkylation sites (tertiary alicyclic amines) is 1. The van der Waals surface area contributed by atoms with Crippen LogP contribution in [-0.4, -0.2) is 45.9 Å². The molecule has 0 unspecified atom stereocenters. The van der Waals surface area contributed by atoms with E-state index in [2.05, 4.69) is 20.0 Å². The van der Waals surface area contributed by atoms with Crippen molar-refractivity contribution >= 4 is 0 Å². The number of rotatable bonds is 6. The van der Waals surface area contributed by atoms with Gasteiger partial charge in [-0.25, -0.2) is 4.98 Å². The molecule has 28 heavy (non-hydrogen) atoms. The van der Waals surface area contributed by atoms with Gasteiger partial charge in [-0.15, -0.1) is 0 Å². The van der Waals surface area contributed by atoms with Crippen LogP contribution in [0.1, 0.15) is 30.3 Å². The molecule has 1 fully saturated rings. The van der Waals surface area contributed by atoms with Crippen molar-refractivity contribution < 1.29 is 19.1 Å². The van der Waals surface area contributed by atoms with Gasteiger partial charge in [-0.3, -0.25) is 4.90 Å². The zero-order valence-electron chi connectivity index (χ0n) is 15.8. The lowest BCUT2D eigenvalue weighted by atomic mass is 10.1. The number of ether oxygens (including phenoxy) is 2. The van der Waals surface area contributed by atoms with Gasteiger partial charge in [0.25, 0.3) is 0 Å². The van der Waals surface area contributed by atoms with Crippen LogP contribution in [0.3, 0.4) is 0 Å². The largest absolute Gasteiger partial charge is 0.507 e. The van der Waals surface area contributed by atoms with Gasteiger partial charge in [0, 0.05) is 36.0 Å². The molecule has 0 spiro atoms. The van der Waals surface area contributed by atoms with Crippen LogP contribution in [0.15, 0.2) is 41.1 Å². The molecule has 1 saturated heterocycles. The Hall–Kier alpha value is -3.13. The molecule has 8 nitrogen and oxygen atoms in total. The zero-order chi connectivity index (χ0) is 19.5. The molecule has 1 aromatic carbocycles. The fourth-order valence-corrected chi connectivity index (χ4v) is 3.44. The summed E-state index contributed by atoms with van der Waals surface area (Å²) in [7, 11) is 3.15. The Labute approximate surface area is 162 Å². The van der Waals surface area contributed by atoms with Crippen LogP contribution in [0.25, 0.3) is 11.4 Å². The molecule has 4 rings (SSSR count). The number of pyridine rings is 1. The molecule has 146 valence electrons. The molecule has 3 aromatic rings. The number of phenolic OH excluding ortho intramolecular Hbond substituents is 1. The standard InChI is InChI=1S/C20H22N4O4/c1-26-15-7-5-14(17(25)10-15)12-24-9-3-4-16(24)20-22-19(23-28-20)13-6-8-18(27-2)21-11-13/h5-8,10-11,16,25H,3-4,9,12H2,1-2H3/t16-/m0/s1. The van der Waals surface area contributed by atoms with Crippen LogP contribution in [0.2, 0.25) is 0 Å². The summed E-state index contributed by atoms with van der Waals surface area (Å²) >= 11 is 0. The monoisotopic (exact) mass is 382 g/mol. The lowest BCUT2D eigenvalue weighted by Gasteiger charge is -2.22. The van der Waals surface area contributed by atoms with E-state index in [1.54, 1.807) is 32.5 Å². The van der Waals surface area contributed by atoms with E-state index in [-0.39, 0.29) is 11.8 Å². The minimum atomic E-state index is 0.0222. The first-order valence-electron chi connectivity index (χ1n) is 9.12. The average Bonchev–Trinajstić information content (AvgIpc) is 3.39. The first kappa shape index (κ1) is 18.2. The summed E-state index contributed by atoms with van der Waals surface area (Å²) in [5, 5.41) is 14.4. The highest BCUT2D eigenvalue weighted by molar-refractivity contribution is 5.53. The number of benzene rings is 1. The van der Waals surface area contributed by atoms with Gasteiger partial charge in [0.1, 0.15) is 11.5 Å². The minimum Gasteiger partial charge on any atom is -0.507 e. The summed E-state index contributed by atoms with van der Waals surface area (Å²) in [6.45, 7) is 1.50. The summed E-state index contributed by atoms with van der Waals surface area (Å²) in [6, 6.07) is 8.99. The number of methoxy groups -OCH3 is 2. The van der Waals surface area contributed by atoms with Gasteiger partial charge in [0.05, 0.1) is 20.3 Å². The van der Waals surface area contributed by atoms with Crippen molar-refractivity contribution in [2.45, 2.75) is 25.4 Å². The summed E-state index contributed by atoms with van der Waals surface area (Å²) in [5.74, 6) is 2.48. The Morgan fingerprint density at radius 3 is 2.82 bits per heavy atom. The number of hydrogen-bond donors (Lipinski definition) is 1. The first-order valence-corrected chi connectivity index (χ1v) is 9.12. The maximum atomic E-state index is 10.3. The molecule has 1 atom stereocenters. The van der Waals surface area contributed by atoms with E-state index in [4.69, 9.17) is 14.0 Å². The van der Waals surface area contributed by atoms with Crippen molar-refractivity contribution in [3.63, 3.8) is 0 Å². The number of hydrogen-bond acceptors (Lipinski definition) is 8. The van der Waals surface area contributed by atoms with E-state index >= 15 is 0 Å². The topological polar surface area (TPSA) is 93.7 Å². The van der Waals surface area contributed by atoms with Gasteiger partial charge < -0.3 is 19.1 Å². The second-order valence-electron chi connectivity index (χ2n) is 6.67. The lowest BCUT2D eigenvalue weighted by Crippen LogP contribution is -2.23. The van der Waals surface area contributed by atoms with Crippen LogP contribution in [0, 0.1) is 0 Å². The van der Waals surface area contributed by atoms with E-state index in [1.807, 2.05) is 18.2 Å². The van der Waals surface area contributed by atoms with Gasteiger partial charge in [-0.2, -0.15) is 4.98 Å². The summed E-state index contributed by atoms with van der Waals surface area (Å²) < 4.78 is 15.8. The number of aromatic hydroxyl groups is 1. The first-order chi connectivity index (χ1) is 13.7. The van der Waals surface area contributed by atoms with Gasteiger partial charge in [0.15, 0.2) is 0 Å². The highest BCUT2D eigenvalue weighted by atomic mass is 16.5. The van der Waals surface area contributed by atoms with E-state index < -0.39 is 0 Å². The highest BCUT2D eigenvalue weighted by Gasteiger charge is 2.31. The fourth-order valence-electron chi connectivity index (χ4n) is 3.44. The smallest absolute Gasteiger partial charge is 0.244 e. The van der Waals surface area contributed by atoms with Crippen molar-refractivity contribution in [3.8, 4) is 28.8 Å². The van der Waals surface area contributed by atoms with Crippen molar-refractivity contribution in [2.75, 3.05) is 20.8 Å². The second kappa shape index (κ2) is 7.85. The van der Waals surface area contributed by atoms with Crippen LogP contribution >= 0.6 is 0 Å². The third-order valence-electron chi connectivity index (χ3n) is 4.96. The molecular formula is C20H22N4O4. The molecule has 3 heterocycles. The predicted octanol–water partition coefficient (Wildman–Crippen LogP) is 3.19. The Kier molecular flexibility index (Phi) is 5.12. The van der Waals surface area contributed by atoms with Gasteiger partial charge >= 0.3 is 0 Å². The number of nitrogens with zero attached hydrogens (tertiary/aromatic N) is 4. The Morgan fingerprint density at radius 1 is 1.21 bits per heavy atom. The number of aromatic nitrogens is 3. The fraction of sp³-hybridized carbons (Fsp3) is 0.350. The molecule has 0 aliphatic carbocycles. The minimum absolute atomic E-state index is 0.0222. The Bertz CT molecular complexity index is 942. The Morgan fingerprint density at radius 2 is 2.11 bits per heavy atom. The molecule has 2 aromatic heterocycles. The number of phenols is 1. The molecule has 1 aliphatic rings. The Balaban J connectivity index is 1.51. The molecule has 0 radical (unpaired) electrons. The van der Waals surface area contributed by atoms with Gasteiger partial charge in [-0.05, 0) is 31.5 Å². The summed E-state index contributed by atoms with van der Waals surface area (Å²) in [5.41, 5.74) is 1.61. The van der Waals surface area contributed by atoms with Crippen molar-refractivity contribution in [1.82, 2.24) is 20.0 Å². The third kappa shape index (κ3) is 3.63. The molecule has 1 aliphatic heterocycles. The van der Waals surface area contributed by atoms with Crippen molar-refractivity contribution in [1.29, 1.82) is 0 Å². The molecule has 0 bridgehead atoms. The average molecular weight is 382 g/mol. The highest BCUT2D eigenvalue weighted by Crippen LogP contribution is 2.35. The quantitative estimate of drug-likeness (QED) is 0.695. The van der Waals surface area contributed by atoms with E-state index in [0.717, 1.165) is 30.5 Å². The van der Waals surface area contributed by atoms with E-state index in [1.165, 1.54) is 0 Å². The van der Waals surface area contributed by atoms with Crippen LogP contribution in [0.5, 0.6) is 17.4 Å². The molecule has 8 heteroatoms. The summed E-state index contributed by atoms with van der Waals surface area (Å²) in [4.78, 5) is 11.0. The van der Waals surface area contributed by atoms with Gasteiger partial charge in [-0.1, -0.05) is 11.2 Å². The van der Waals surface area contributed by atoms with Gasteiger partial charge in [0.2, 0.25) is 17.6 Å².